The van der Waals surface area contributed by atoms with Crippen LogP contribution in [0.25, 0.3) is 11.1 Å². The molecule has 1 fully saturated rings. The quantitative estimate of drug-likeness (QED) is 0.0640. The van der Waals surface area contributed by atoms with Gasteiger partial charge in [-0.05, 0) is 73.7 Å². The third-order valence-electron chi connectivity index (χ3n) is 9.12. The Morgan fingerprint density at radius 1 is 1.10 bits per heavy atom. The van der Waals surface area contributed by atoms with Crippen molar-refractivity contribution >= 4 is 58.4 Å². The van der Waals surface area contributed by atoms with Crippen LogP contribution in [0.4, 0.5) is 16.0 Å². The van der Waals surface area contributed by atoms with Crippen LogP contribution in [-0.4, -0.2) is 57.1 Å². The van der Waals surface area contributed by atoms with Crippen LogP contribution in [-0.2, 0) is 21.5 Å². The molecule has 3 atom stereocenters. The van der Waals surface area contributed by atoms with Crippen molar-refractivity contribution in [1.29, 1.82) is 5.41 Å². The second-order valence-electron chi connectivity index (χ2n) is 12.6. The molecule has 15 heteroatoms. The number of halogens is 3. The third-order valence-corrected chi connectivity index (χ3v) is 9.56. The minimum Gasteiger partial charge on any atom is -0.340 e. The molecule has 3 aromatic carbocycles. The number of piperidine rings is 1. The molecular weight excluding hydrogens is 684 g/mol. The van der Waals surface area contributed by atoms with Crippen molar-refractivity contribution in [3.63, 3.8) is 0 Å². The predicted molar refractivity (Wildman–Crippen MR) is 188 cm³/mol. The van der Waals surface area contributed by atoms with E-state index in [2.05, 4.69) is 20.6 Å². The summed E-state index contributed by atoms with van der Waals surface area (Å²) < 4.78 is 15.1. The summed E-state index contributed by atoms with van der Waals surface area (Å²) >= 11 is 12.7. The largest absolute Gasteiger partial charge is 0.340 e. The van der Waals surface area contributed by atoms with Crippen LogP contribution in [0.3, 0.4) is 0 Å². The zero-order valence-corrected chi connectivity index (χ0v) is 28.7. The van der Waals surface area contributed by atoms with Gasteiger partial charge in [-0.3, -0.25) is 24.4 Å². The number of hydrogen-bond donors (Lipinski definition) is 3. The van der Waals surface area contributed by atoms with Gasteiger partial charge in [-0.2, -0.15) is 0 Å². The summed E-state index contributed by atoms with van der Waals surface area (Å²) in [5.41, 5.74) is 1.63. The lowest BCUT2D eigenvalue weighted by Gasteiger charge is -2.33. The Morgan fingerprint density at radius 3 is 2.38 bits per heavy atom. The van der Waals surface area contributed by atoms with Crippen molar-refractivity contribution in [2.24, 2.45) is 22.1 Å². The Morgan fingerprint density at radius 2 is 1.74 bits per heavy atom. The van der Waals surface area contributed by atoms with E-state index in [-0.39, 0.29) is 54.0 Å². The van der Waals surface area contributed by atoms with E-state index in [1.54, 1.807) is 53.6 Å². The lowest BCUT2D eigenvalue weighted by molar-refractivity contribution is -0.134. The van der Waals surface area contributed by atoms with Crippen molar-refractivity contribution in [3.05, 3.63) is 100 Å². The summed E-state index contributed by atoms with van der Waals surface area (Å²) in [5.74, 6) is 3.37. The molecule has 0 saturated carbocycles. The zero-order chi connectivity index (χ0) is 35.7. The number of likely N-dealkylation sites (tertiary alicyclic amines) is 1. The van der Waals surface area contributed by atoms with E-state index in [9.17, 15) is 18.8 Å². The number of nitrogens with two attached hydrogens (primary N) is 1. The lowest BCUT2D eigenvalue weighted by atomic mass is 9.90. The molecule has 0 spiro atoms. The Labute approximate surface area is 297 Å². The summed E-state index contributed by atoms with van der Waals surface area (Å²) in [6, 6.07) is 17.5. The molecule has 0 aliphatic carbocycles. The van der Waals surface area contributed by atoms with Crippen LogP contribution >= 0.6 is 23.2 Å². The molecule has 1 saturated heterocycles. The first-order chi connectivity index (χ1) is 23.9. The standard InChI is InChI=1S/C35H34Cl2FN9O3/c1-20(32(49)45-13-3-4-24(19-45)30(39)43-44-40)42-31(48)29-18-41-34-46(28-15-25(36)14-26(37)16-28)33(50)35(2,47(29)34)17-21-5-7-22(8-6-21)23-9-11-27(38)12-10-23/h5-12,14-16,18,20,24H,3-4,13,17,19H2,1-2H3,(H,42,48)(H3,39,40,43)/t20-,24+,35+/m0/s1. The van der Waals surface area contributed by atoms with E-state index in [0.717, 1.165) is 16.7 Å². The third kappa shape index (κ3) is 6.70. The maximum absolute atomic E-state index is 14.4. The summed E-state index contributed by atoms with van der Waals surface area (Å²) in [4.78, 5) is 49.3. The molecule has 258 valence electrons. The molecular formula is C35H34Cl2FN9O3. The molecule has 2 aliphatic rings. The van der Waals surface area contributed by atoms with Crippen LogP contribution < -0.4 is 16.1 Å². The predicted octanol–water partition coefficient (Wildman–Crippen LogP) is 6.29. The Kier molecular flexibility index (Phi) is 9.72. The molecule has 6 rings (SSSR count). The number of amides is 3. The van der Waals surface area contributed by atoms with E-state index in [4.69, 9.17) is 34.5 Å². The van der Waals surface area contributed by atoms with Crippen LogP contribution in [0.2, 0.25) is 10.0 Å². The molecule has 0 unspecified atom stereocenters. The number of hydrogen-bond acceptors (Lipinski definition) is 6. The number of anilines is 2. The van der Waals surface area contributed by atoms with E-state index < -0.39 is 17.5 Å². The average Bonchev–Trinajstić information content (AvgIpc) is 3.62. The highest BCUT2D eigenvalue weighted by molar-refractivity contribution is 6.35. The molecule has 12 nitrogen and oxygen atoms in total. The number of imidazole rings is 1. The minimum atomic E-state index is -1.34. The number of nitrogens with one attached hydrogen (secondary N) is 2. The van der Waals surface area contributed by atoms with E-state index >= 15 is 0 Å². The van der Waals surface area contributed by atoms with E-state index in [0.29, 0.717) is 35.1 Å². The molecule has 0 radical (unpaired) electrons. The minimum absolute atomic E-state index is 0.00361. The lowest BCUT2D eigenvalue weighted by Crippen LogP contribution is -2.51. The molecule has 4 N–H and O–H groups in total. The van der Waals surface area contributed by atoms with E-state index in [1.165, 1.54) is 23.2 Å². The van der Waals surface area contributed by atoms with Crippen molar-refractivity contribution in [1.82, 2.24) is 19.8 Å². The number of nitrogens with zero attached hydrogens (tertiary/aromatic N) is 6. The summed E-state index contributed by atoms with van der Waals surface area (Å²) in [5, 5.41) is 18.3. The Hall–Kier alpha value is -5.14. The van der Waals surface area contributed by atoms with Gasteiger partial charge < -0.3 is 16.1 Å². The fraction of sp³-hybridized carbons (Fsp3) is 0.286. The van der Waals surface area contributed by atoms with Crippen molar-refractivity contribution in [3.8, 4) is 11.1 Å². The van der Waals surface area contributed by atoms with Crippen molar-refractivity contribution in [2.45, 2.75) is 44.7 Å². The molecule has 2 aliphatic heterocycles. The molecule has 4 aromatic rings. The maximum atomic E-state index is 14.4. The number of rotatable bonds is 8. The van der Waals surface area contributed by atoms with Gasteiger partial charge in [0.2, 0.25) is 11.9 Å². The number of carbonyl (C=O) groups excluding carboxylic acids is 3. The zero-order valence-electron chi connectivity index (χ0n) is 27.2. The first-order valence-corrected chi connectivity index (χ1v) is 16.7. The van der Waals surface area contributed by atoms with Gasteiger partial charge in [0.25, 0.3) is 11.8 Å². The van der Waals surface area contributed by atoms with Crippen LogP contribution in [0, 0.1) is 17.1 Å². The molecule has 50 heavy (non-hydrogen) atoms. The number of benzene rings is 3. The van der Waals surface area contributed by atoms with Gasteiger partial charge in [0.05, 0.1) is 11.9 Å². The van der Waals surface area contributed by atoms with Crippen LogP contribution in [0.5, 0.6) is 0 Å². The summed E-state index contributed by atoms with van der Waals surface area (Å²) in [6.45, 7) is 4.04. The Bertz CT molecular complexity index is 1980. The number of fused-ring (bicyclic) bond motifs is 1. The van der Waals surface area contributed by atoms with E-state index in [1.807, 2.05) is 24.3 Å². The maximum Gasteiger partial charge on any atom is 0.270 e. The topological polar surface area (TPSA) is 162 Å². The van der Waals surface area contributed by atoms with Gasteiger partial charge >= 0.3 is 0 Å². The highest BCUT2D eigenvalue weighted by Gasteiger charge is 2.51. The van der Waals surface area contributed by atoms with Crippen LogP contribution in [0.1, 0.15) is 42.7 Å². The molecule has 3 amide bonds. The second-order valence-corrected chi connectivity index (χ2v) is 13.5. The van der Waals surface area contributed by atoms with Gasteiger partial charge in [0.15, 0.2) is 0 Å². The normalized spacial score (nSPS) is 19.5. The fourth-order valence-corrected chi connectivity index (χ4v) is 7.15. The fourth-order valence-electron chi connectivity index (χ4n) is 6.64. The van der Waals surface area contributed by atoms with Gasteiger partial charge in [-0.15, -0.1) is 5.11 Å². The summed E-state index contributed by atoms with van der Waals surface area (Å²) in [7, 11) is 0. The second kappa shape index (κ2) is 14.0. The smallest absolute Gasteiger partial charge is 0.270 e. The molecule has 1 aromatic heterocycles. The average molecular weight is 719 g/mol. The highest BCUT2D eigenvalue weighted by Crippen LogP contribution is 2.43. The summed E-state index contributed by atoms with van der Waals surface area (Å²) in [6.07, 6.45) is 2.88. The number of carbonyl (C=O) groups is 3. The van der Waals surface area contributed by atoms with Crippen molar-refractivity contribution in [2.75, 3.05) is 18.0 Å². The van der Waals surface area contributed by atoms with Crippen LogP contribution in [0.15, 0.2) is 83.3 Å². The van der Waals surface area contributed by atoms with Gasteiger partial charge in [0, 0.05) is 35.5 Å². The van der Waals surface area contributed by atoms with Gasteiger partial charge in [0.1, 0.15) is 28.9 Å². The number of amidine groups is 1. The number of aromatic nitrogens is 2. The monoisotopic (exact) mass is 717 g/mol. The van der Waals surface area contributed by atoms with Gasteiger partial charge in [-0.25, -0.2) is 14.3 Å². The van der Waals surface area contributed by atoms with Crippen molar-refractivity contribution < 1.29 is 18.8 Å². The first kappa shape index (κ1) is 34.7. The molecule has 3 heterocycles. The first-order valence-electron chi connectivity index (χ1n) is 15.9. The SMILES string of the molecule is C[C@H](NC(=O)c1cnc2n1[C@](C)(Cc1ccc(-c3ccc(F)cc3)cc1)C(=O)N2c1cc(Cl)cc(Cl)c1)C(=O)N1CCC[C@@H](C(=N)N=NN)C1. The highest BCUT2D eigenvalue weighted by atomic mass is 35.5. The molecule has 0 bridgehead atoms. The Balaban J connectivity index is 1.30. The van der Waals surface area contributed by atoms with Gasteiger partial charge in [-0.1, -0.05) is 64.8 Å².